The summed E-state index contributed by atoms with van der Waals surface area (Å²) in [6, 6.07) is 9.02. The van der Waals surface area contributed by atoms with Crippen LogP contribution in [0.15, 0.2) is 41.2 Å². The molecule has 0 aliphatic carbocycles. The summed E-state index contributed by atoms with van der Waals surface area (Å²) in [6.07, 6.45) is 1.77. The summed E-state index contributed by atoms with van der Waals surface area (Å²) in [4.78, 5) is 17.6. The molecule has 0 amide bonds. The molecule has 4 rings (SSSR count). The quantitative estimate of drug-likeness (QED) is 0.783. The van der Waals surface area contributed by atoms with Gasteiger partial charge in [0.2, 0.25) is 0 Å². The van der Waals surface area contributed by atoms with E-state index in [9.17, 15) is 13.6 Å². The van der Waals surface area contributed by atoms with E-state index in [0.29, 0.717) is 17.3 Å². The number of nitrogens with one attached hydrogen (secondary N) is 1. The second-order valence-electron chi connectivity index (χ2n) is 6.21. The zero-order valence-corrected chi connectivity index (χ0v) is 14.1. The molecule has 1 fully saturated rings. The van der Waals surface area contributed by atoms with Crippen molar-refractivity contribution in [2.75, 3.05) is 13.7 Å². The molecular formula is C19H17F2N3O2. The Bertz CT molecular complexity index is 1030. The lowest BCUT2D eigenvalue weighted by molar-refractivity contribution is 0.414. The summed E-state index contributed by atoms with van der Waals surface area (Å²) in [6.45, 7) is 0.818. The maximum Gasteiger partial charge on any atom is 0.269 e. The molecule has 2 aromatic carbocycles. The van der Waals surface area contributed by atoms with Crippen LogP contribution in [0.4, 0.5) is 8.78 Å². The Morgan fingerprint density at radius 2 is 1.96 bits per heavy atom. The Hall–Kier alpha value is -2.80. The lowest BCUT2D eigenvalue weighted by Gasteiger charge is -2.18. The summed E-state index contributed by atoms with van der Waals surface area (Å²) in [7, 11) is 1.55. The molecule has 1 aromatic heterocycles. The van der Waals surface area contributed by atoms with E-state index >= 15 is 0 Å². The molecule has 1 aliphatic rings. The minimum atomic E-state index is -1.17. The van der Waals surface area contributed by atoms with Crippen molar-refractivity contribution in [3.05, 3.63) is 64.2 Å². The number of rotatable bonds is 3. The second kappa shape index (κ2) is 6.49. The minimum Gasteiger partial charge on any atom is -0.497 e. The molecule has 7 heteroatoms. The predicted octanol–water partition coefficient (Wildman–Crippen LogP) is 3.10. The summed E-state index contributed by atoms with van der Waals surface area (Å²) < 4.78 is 34.5. The van der Waals surface area contributed by atoms with E-state index in [-0.39, 0.29) is 16.9 Å². The van der Waals surface area contributed by atoms with Crippen LogP contribution in [0.2, 0.25) is 0 Å². The fourth-order valence-corrected chi connectivity index (χ4v) is 3.35. The highest BCUT2D eigenvalue weighted by Crippen LogP contribution is 2.26. The normalized spacial score (nSPS) is 17.0. The van der Waals surface area contributed by atoms with Gasteiger partial charge in [0, 0.05) is 0 Å². The minimum absolute atomic E-state index is 0.123. The number of halogens is 2. The van der Waals surface area contributed by atoms with Crippen molar-refractivity contribution in [1.29, 1.82) is 0 Å². The molecule has 3 aromatic rings. The third kappa shape index (κ3) is 2.64. The summed E-state index contributed by atoms with van der Waals surface area (Å²) >= 11 is 0. The van der Waals surface area contributed by atoms with Crippen molar-refractivity contribution >= 4 is 10.9 Å². The lowest BCUT2D eigenvalue weighted by atomic mass is 10.1. The van der Waals surface area contributed by atoms with E-state index in [1.54, 1.807) is 31.4 Å². The number of fused-ring (bicyclic) bond motifs is 1. The number of hydrogen-bond donors (Lipinski definition) is 1. The van der Waals surface area contributed by atoms with Crippen LogP contribution in [0.5, 0.6) is 5.75 Å². The van der Waals surface area contributed by atoms with Crippen molar-refractivity contribution in [2.24, 2.45) is 0 Å². The Morgan fingerprint density at radius 1 is 1.19 bits per heavy atom. The average Bonchev–Trinajstić information content (AvgIpc) is 3.19. The number of benzene rings is 2. The Kier molecular flexibility index (Phi) is 4.16. The van der Waals surface area contributed by atoms with E-state index in [4.69, 9.17) is 4.74 Å². The number of nitrogens with zero attached hydrogens (tertiary/aromatic N) is 2. The van der Waals surface area contributed by atoms with Crippen LogP contribution in [0.1, 0.15) is 24.7 Å². The molecule has 1 atom stereocenters. The highest BCUT2D eigenvalue weighted by molar-refractivity contribution is 5.79. The highest BCUT2D eigenvalue weighted by atomic mass is 19.2. The first-order valence-corrected chi connectivity index (χ1v) is 8.38. The van der Waals surface area contributed by atoms with Gasteiger partial charge in [-0.05, 0) is 55.8 Å². The van der Waals surface area contributed by atoms with Gasteiger partial charge in [-0.1, -0.05) is 0 Å². The van der Waals surface area contributed by atoms with E-state index < -0.39 is 17.2 Å². The molecule has 0 bridgehead atoms. The van der Waals surface area contributed by atoms with Crippen LogP contribution in [-0.2, 0) is 0 Å². The van der Waals surface area contributed by atoms with Gasteiger partial charge in [-0.2, -0.15) is 0 Å². The van der Waals surface area contributed by atoms with Crippen LogP contribution < -0.4 is 15.6 Å². The van der Waals surface area contributed by atoms with Gasteiger partial charge in [0.25, 0.3) is 5.56 Å². The van der Waals surface area contributed by atoms with Crippen molar-refractivity contribution in [2.45, 2.75) is 18.9 Å². The maximum absolute atomic E-state index is 14.3. The standard InChI is InChI=1S/C19H17F2N3O2/c1-26-12-6-4-11(5-7-12)24-18(15-3-2-10-22-15)23-14-9-8-13(20)17(21)16(14)19(24)25/h4-9,15,22H,2-3,10H2,1H3/t15-/m0/s1. The molecule has 26 heavy (non-hydrogen) atoms. The number of hydrogen-bond acceptors (Lipinski definition) is 4. The van der Waals surface area contributed by atoms with Gasteiger partial charge in [0.05, 0.1) is 24.4 Å². The molecule has 5 nitrogen and oxygen atoms in total. The molecule has 1 saturated heterocycles. The van der Waals surface area contributed by atoms with Gasteiger partial charge in [-0.3, -0.25) is 9.36 Å². The fourth-order valence-electron chi connectivity index (χ4n) is 3.35. The molecular weight excluding hydrogens is 340 g/mol. The Balaban J connectivity index is 2.03. The monoisotopic (exact) mass is 357 g/mol. The molecule has 134 valence electrons. The second-order valence-corrected chi connectivity index (χ2v) is 6.21. The largest absolute Gasteiger partial charge is 0.497 e. The molecule has 1 N–H and O–H groups in total. The highest BCUT2D eigenvalue weighted by Gasteiger charge is 2.25. The van der Waals surface area contributed by atoms with E-state index in [1.807, 2.05) is 0 Å². The zero-order chi connectivity index (χ0) is 18.3. The van der Waals surface area contributed by atoms with E-state index in [0.717, 1.165) is 25.5 Å². The smallest absolute Gasteiger partial charge is 0.269 e. The van der Waals surface area contributed by atoms with Crippen LogP contribution >= 0.6 is 0 Å². The van der Waals surface area contributed by atoms with Crippen molar-refractivity contribution in [3.63, 3.8) is 0 Å². The van der Waals surface area contributed by atoms with Crippen LogP contribution in [0.25, 0.3) is 16.6 Å². The van der Waals surface area contributed by atoms with Crippen molar-refractivity contribution in [1.82, 2.24) is 14.9 Å². The van der Waals surface area contributed by atoms with Gasteiger partial charge in [0.15, 0.2) is 11.6 Å². The molecule has 1 aliphatic heterocycles. The van der Waals surface area contributed by atoms with Crippen LogP contribution in [0.3, 0.4) is 0 Å². The summed E-state index contributed by atoms with van der Waals surface area (Å²) in [5, 5.41) is 2.96. The first-order chi connectivity index (χ1) is 12.6. The van der Waals surface area contributed by atoms with E-state index in [1.165, 1.54) is 10.6 Å². The molecule has 0 spiro atoms. The summed E-state index contributed by atoms with van der Waals surface area (Å²) in [5.41, 5.74) is 0.0563. The third-order valence-electron chi connectivity index (χ3n) is 4.66. The topological polar surface area (TPSA) is 56.1 Å². The third-order valence-corrected chi connectivity index (χ3v) is 4.66. The van der Waals surface area contributed by atoms with Gasteiger partial charge in [-0.25, -0.2) is 13.8 Å². The zero-order valence-electron chi connectivity index (χ0n) is 14.1. The Morgan fingerprint density at radius 3 is 2.62 bits per heavy atom. The van der Waals surface area contributed by atoms with Crippen molar-refractivity contribution < 1.29 is 13.5 Å². The van der Waals surface area contributed by atoms with Gasteiger partial charge >= 0.3 is 0 Å². The van der Waals surface area contributed by atoms with Crippen LogP contribution in [0, 0.1) is 11.6 Å². The molecule has 0 radical (unpaired) electrons. The number of ether oxygens (including phenoxy) is 1. The number of aromatic nitrogens is 2. The molecule has 0 saturated carbocycles. The molecule has 0 unspecified atom stereocenters. The molecule has 2 heterocycles. The first kappa shape index (κ1) is 16.7. The fraction of sp³-hybridized carbons (Fsp3) is 0.263. The summed E-state index contributed by atoms with van der Waals surface area (Å²) in [5.74, 6) is -1.11. The first-order valence-electron chi connectivity index (χ1n) is 8.38. The predicted molar refractivity (Wildman–Crippen MR) is 93.8 cm³/mol. The lowest BCUT2D eigenvalue weighted by Crippen LogP contribution is -2.29. The van der Waals surface area contributed by atoms with Gasteiger partial charge in [0.1, 0.15) is 17.0 Å². The number of methoxy groups -OCH3 is 1. The van der Waals surface area contributed by atoms with E-state index in [2.05, 4.69) is 10.3 Å². The van der Waals surface area contributed by atoms with Crippen LogP contribution in [-0.4, -0.2) is 23.2 Å². The Labute approximate surface area is 148 Å². The average molecular weight is 357 g/mol. The van der Waals surface area contributed by atoms with Gasteiger partial charge < -0.3 is 10.1 Å². The SMILES string of the molecule is COc1ccc(-n2c([C@@H]3CCCN3)nc3ccc(F)c(F)c3c2=O)cc1. The van der Waals surface area contributed by atoms with Crippen molar-refractivity contribution in [3.8, 4) is 11.4 Å². The van der Waals surface area contributed by atoms with Gasteiger partial charge in [-0.15, -0.1) is 0 Å². The maximum atomic E-state index is 14.3.